The smallest absolute Gasteiger partial charge is 0.277 e. The van der Waals surface area contributed by atoms with Gasteiger partial charge in [0.25, 0.3) is 5.91 Å². The number of aryl methyl sites for hydroxylation is 1. The van der Waals surface area contributed by atoms with Crippen LogP contribution in [0.15, 0.2) is 53.5 Å². The van der Waals surface area contributed by atoms with Crippen LogP contribution in [-0.4, -0.2) is 17.7 Å². The van der Waals surface area contributed by atoms with Gasteiger partial charge in [0.2, 0.25) is 0 Å². The van der Waals surface area contributed by atoms with E-state index in [2.05, 4.69) is 24.0 Å². The summed E-state index contributed by atoms with van der Waals surface area (Å²) in [6, 6.07) is 16.0. The van der Waals surface area contributed by atoms with Crippen LogP contribution in [0.3, 0.4) is 0 Å². The highest BCUT2D eigenvalue weighted by molar-refractivity contribution is 6.54. The maximum absolute atomic E-state index is 12.7. The Hall–Kier alpha value is -2.42. The molecule has 0 fully saturated rings. The monoisotopic (exact) mass is 292 g/mol. The fraction of sp³-hybridized carbons (Fsp3) is 0.263. The first-order valence-electron chi connectivity index (χ1n) is 7.72. The Labute approximate surface area is 131 Å². The summed E-state index contributed by atoms with van der Waals surface area (Å²) in [7, 11) is 0. The molecule has 112 valence electrons. The molecule has 0 aromatic heterocycles. The van der Waals surface area contributed by atoms with Crippen LogP contribution >= 0.6 is 0 Å². The lowest BCUT2D eigenvalue weighted by atomic mass is 10.1. The highest BCUT2D eigenvalue weighted by Gasteiger charge is 2.35. The van der Waals surface area contributed by atoms with Crippen LogP contribution in [0.2, 0.25) is 0 Å². The number of amides is 1. The highest BCUT2D eigenvalue weighted by Crippen LogP contribution is 2.32. The highest BCUT2D eigenvalue weighted by atomic mass is 16.2. The van der Waals surface area contributed by atoms with Gasteiger partial charge in [-0.25, -0.2) is 4.99 Å². The Morgan fingerprint density at radius 3 is 2.36 bits per heavy atom. The van der Waals surface area contributed by atoms with Crippen molar-refractivity contribution in [3.05, 3.63) is 59.7 Å². The summed E-state index contributed by atoms with van der Waals surface area (Å²) in [6.07, 6.45) is 1.000. The second-order valence-corrected chi connectivity index (χ2v) is 5.77. The third-order valence-corrected chi connectivity index (χ3v) is 3.94. The van der Waals surface area contributed by atoms with Gasteiger partial charge in [-0.15, -0.1) is 0 Å². The number of benzene rings is 2. The molecule has 22 heavy (non-hydrogen) atoms. The van der Waals surface area contributed by atoms with Gasteiger partial charge in [-0.05, 0) is 44.0 Å². The molecule has 0 saturated carbocycles. The molecule has 0 atom stereocenters. The van der Waals surface area contributed by atoms with Gasteiger partial charge in [0, 0.05) is 11.6 Å². The second kappa shape index (κ2) is 5.76. The zero-order valence-corrected chi connectivity index (χ0v) is 13.2. The molecule has 3 heteroatoms. The lowest BCUT2D eigenvalue weighted by molar-refractivity contribution is -0.112. The van der Waals surface area contributed by atoms with E-state index in [4.69, 9.17) is 0 Å². The maximum Gasteiger partial charge on any atom is 0.277 e. The molecule has 0 N–H and O–H groups in total. The predicted octanol–water partition coefficient (Wildman–Crippen LogP) is 4.12. The zero-order chi connectivity index (χ0) is 15.7. The van der Waals surface area contributed by atoms with E-state index in [1.54, 1.807) is 0 Å². The predicted molar refractivity (Wildman–Crippen MR) is 91.1 cm³/mol. The number of hydrogen-bond acceptors (Lipinski definition) is 2. The van der Waals surface area contributed by atoms with Crippen LogP contribution < -0.4 is 4.90 Å². The number of carbonyl (C=O) groups excluding carboxylic acids is 1. The van der Waals surface area contributed by atoms with Gasteiger partial charge in [0.05, 0.1) is 11.4 Å². The van der Waals surface area contributed by atoms with Gasteiger partial charge in [-0.3, -0.25) is 4.79 Å². The minimum Gasteiger partial charge on any atom is -0.304 e. The average molecular weight is 292 g/mol. The number of aliphatic imine (C=N–C) groups is 1. The van der Waals surface area contributed by atoms with Gasteiger partial charge < -0.3 is 4.90 Å². The van der Waals surface area contributed by atoms with E-state index in [9.17, 15) is 4.79 Å². The third kappa shape index (κ3) is 2.43. The van der Waals surface area contributed by atoms with E-state index >= 15 is 0 Å². The van der Waals surface area contributed by atoms with Gasteiger partial charge in [-0.2, -0.15) is 0 Å². The zero-order valence-electron chi connectivity index (χ0n) is 13.2. The van der Waals surface area contributed by atoms with Crippen molar-refractivity contribution < 1.29 is 4.79 Å². The summed E-state index contributed by atoms with van der Waals surface area (Å²) in [5.41, 5.74) is 4.49. The quantitative estimate of drug-likeness (QED) is 0.837. The molecule has 0 saturated heterocycles. The summed E-state index contributed by atoms with van der Waals surface area (Å²) in [5, 5.41) is 0. The van der Waals surface area contributed by atoms with Gasteiger partial charge in [-0.1, -0.05) is 37.3 Å². The Kier molecular flexibility index (Phi) is 3.80. The molecule has 2 aromatic carbocycles. The van der Waals surface area contributed by atoms with Crippen molar-refractivity contribution in [1.82, 2.24) is 0 Å². The third-order valence-electron chi connectivity index (χ3n) is 3.94. The molecule has 0 radical (unpaired) electrons. The number of nitrogens with zero attached hydrogens (tertiary/aromatic N) is 2. The van der Waals surface area contributed by atoms with Crippen molar-refractivity contribution in [3.63, 3.8) is 0 Å². The molecular formula is C19H20N2O. The fourth-order valence-electron chi connectivity index (χ4n) is 2.78. The lowest BCUT2D eigenvalue weighted by Crippen LogP contribution is -2.35. The molecule has 0 spiro atoms. The summed E-state index contributed by atoms with van der Waals surface area (Å²) in [5.74, 6) is -0.0178. The molecule has 1 heterocycles. The Morgan fingerprint density at radius 2 is 1.73 bits per heavy atom. The first-order chi connectivity index (χ1) is 10.6. The van der Waals surface area contributed by atoms with E-state index in [0.29, 0.717) is 5.71 Å². The summed E-state index contributed by atoms with van der Waals surface area (Å²) in [4.78, 5) is 19.2. The molecule has 3 nitrogen and oxygen atoms in total. The summed E-state index contributed by atoms with van der Waals surface area (Å²) in [6.45, 7) is 6.17. The number of anilines is 1. The van der Waals surface area contributed by atoms with E-state index in [-0.39, 0.29) is 11.9 Å². The average Bonchev–Trinajstić information content (AvgIpc) is 2.81. The van der Waals surface area contributed by atoms with Crippen molar-refractivity contribution >= 4 is 23.0 Å². The maximum atomic E-state index is 12.7. The minimum atomic E-state index is -0.0178. The summed E-state index contributed by atoms with van der Waals surface area (Å²) < 4.78 is 0. The Bertz CT molecular complexity index is 729. The normalized spacial score (nSPS) is 15.7. The van der Waals surface area contributed by atoms with E-state index < -0.39 is 0 Å². The van der Waals surface area contributed by atoms with Crippen LogP contribution in [0.1, 0.15) is 31.9 Å². The molecule has 1 amide bonds. The molecule has 1 aliphatic heterocycles. The van der Waals surface area contributed by atoms with Crippen LogP contribution in [0, 0.1) is 0 Å². The van der Waals surface area contributed by atoms with Crippen molar-refractivity contribution in [3.8, 4) is 0 Å². The van der Waals surface area contributed by atoms with Gasteiger partial charge in [0.15, 0.2) is 0 Å². The molecule has 1 aliphatic rings. The van der Waals surface area contributed by atoms with Crippen LogP contribution in [0.25, 0.3) is 0 Å². The molecular weight excluding hydrogens is 272 g/mol. The Morgan fingerprint density at radius 1 is 1.05 bits per heavy atom. The van der Waals surface area contributed by atoms with Crippen LogP contribution in [0.4, 0.5) is 11.4 Å². The van der Waals surface area contributed by atoms with Crippen molar-refractivity contribution in [2.45, 2.75) is 33.2 Å². The molecule has 0 aliphatic carbocycles. The van der Waals surface area contributed by atoms with E-state index in [1.807, 2.05) is 55.1 Å². The molecule has 3 rings (SSSR count). The molecule has 0 bridgehead atoms. The molecule has 2 aromatic rings. The number of para-hydroxylation sites is 1. The fourth-order valence-corrected chi connectivity index (χ4v) is 2.78. The van der Waals surface area contributed by atoms with E-state index in [1.165, 1.54) is 5.56 Å². The Balaban J connectivity index is 2.06. The first kappa shape index (κ1) is 14.5. The standard InChI is InChI=1S/C19H20N2O/c1-4-14-9-11-15(12-10-14)20-18-16-7-5-6-8-17(16)21(13(2)3)19(18)22/h5-13H,4H2,1-3H3. The van der Waals surface area contributed by atoms with Crippen LogP contribution in [0.5, 0.6) is 0 Å². The van der Waals surface area contributed by atoms with Crippen LogP contribution in [-0.2, 0) is 11.2 Å². The molecule has 0 unspecified atom stereocenters. The first-order valence-corrected chi connectivity index (χ1v) is 7.72. The van der Waals surface area contributed by atoms with Gasteiger partial charge >= 0.3 is 0 Å². The SMILES string of the molecule is CCc1ccc(N=C2C(=O)N(C(C)C)c3ccccc32)cc1. The minimum absolute atomic E-state index is 0.0178. The number of rotatable bonds is 3. The van der Waals surface area contributed by atoms with Crippen molar-refractivity contribution in [2.24, 2.45) is 4.99 Å². The topological polar surface area (TPSA) is 32.7 Å². The van der Waals surface area contributed by atoms with Crippen molar-refractivity contribution in [1.29, 1.82) is 0 Å². The van der Waals surface area contributed by atoms with Crippen molar-refractivity contribution in [2.75, 3.05) is 4.90 Å². The van der Waals surface area contributed by atoms with E-state index in [0.717, 1.165) is 23.4 Å². The lowest BCUT2D eigenvalue weighted by Gasteiger charge is -2.20. The summed E-state index contributed by atoms with van der Waals surface area (Å²) >= 11 is 0. The number of hydrogen-bond donors (Lipinski definition) is 0. The second-order valence-electron chi connectivity index (χ2n) is 5.77. The van der Waals surface area contributed by atoms with Gasteiger partial charge in [0.1, 0.15) is 5.71 Å². The number of fused-ring (bicyclic) bond motifs is 1. The number of carbonyl (C=O) groups is 1. The largest absolute Gasteiger partial charge is 0.304 e.